The fourth-order valence-electron chi connectivity index (χ4n) is 3.69. The van der Waals surface area contributed by atoms with Crippen LogP contribution >= 0.6 is 0 Å². The van der Waals surface area contributed by atoms with Gasteiger partial charge < -0.3 is 15.4 Å². The molecule has 1 aromatic rings. The number of carbonyl (C=O) groups is 1. The molecule has 3 heterocycles. The van der Waals surface area contributed by atoms with Crippen molar-refractivity contribution < 1.29 is 9.53 Å². The van der Waals surface area contributed by atoms with Gasteiger partial charge in [-0.2, -0.15) is 0 Å². The van der Waals surface area contributed by atoms with Gasteiger partial charge in [0.25, 0.3) is 0 Å². The number of aryl methyl sites for hydroxylation is 1. The van der Waals surface area contributed by atoms with E-state index in [-0.39, 0.29) is 5.91 Å². The van der Waals surface area contributed by atoms with Crippen LogP contribution in [0.15, 0.2) is 34.6 Å². The van der Waals surface area contributed by atoms with Crippen molar-refractivity contribution in [1.29, 1.82) is 0 Å². The third-order valence-corrected chi connectivity index (χ3v) is 5.17. The number of amides is 1. The lowest BCUT2D eigenvalue weighted by molar-refractivity contribution is -0.116. The van der Waals surface area contributed by atoms with E-state index in [2.05, 4.69) is 26.6 Å². The Bertz CT molecular complexity index is 741. The summed E-state index contributed by atoms with van der Waals surface area (Å²) in [6, 6.07) is 6.00. The summed E-state index contributed by atoms with van der Waals surface area (Å²) in [6.45, 7) is 4.70. The number of carbonyl (C=O) groups excluding carboxylic acids is 1. The molecule has 3 aliphatic rings. The average Bonchev–Trinajstić information content (AvgIpc) is 2.67. The van der Waals surface area contributed by atoms with E-state index in [0.29, 0.717) is 13.0 Å². The Morgan fingerprint density at radius 3 is 3.12 bits per heavy atom. The fraction of sp³-hybridized carbons (Fsp3) is 0.500. The molecule has 3 aliphatic heterocycles. The van der Waals surface area contributed by atoms with Crippen molar-refractivity contribution in [2.24, 2.45) is 4.99 Å². The van der Waals surface area contributed by atoms with Crippen LogP contribution in [0, 0.1) is 0 Å². The van der Waals surface area contributed by atoms with E-state index in [1.54, 1.807) is 0 Å². The van der Waals surface area contributed by atoms with Gasteiger partial charge in [0.2, 0.25) is 5.91 Å². The number of aliphatic imine (C=N–C) groups is 1. The van der Waals surface area contributed by atoms with Crippen LogP contribution in [-0.4, -0.2) is 49.8 Å². The summed E-state index contributed by atoms with van der Waals surface area (Å²) < 4.78 is 5.87. The van der Waals surface area contributed by atoms with E-state index in [0.717, 1.165) is 63.3 Å². The summed E-state index contributed by atoms with van der Waals surface area (Å²) >= 11 is 0. The van der Waals surface area contributed by atoms with Crippen LogP contribution in [-0.2, 0) is 11.2 Å². The van der Waals surface area contributed by atoms with E-state index in [4.69, 9.17) is 4.74 Å². The Morgan fingerprint density at radius 2 is 2.15 bits per heavy atom. The predicted octanol–water partition coefficient (Wildman–Crippen LogP) is 2.32. The molecule has 0 unspecified atom stereocenters. The largest absolute Gasteiger partial charge is 0.494 e. The number of fused-ring (bicyclic) bond motifs is 1. The molecule has 0 radical (unpaired) electrons. The van der Waals surface area contributed by atoms with Crippen LogP contribution in [0.4, 0.5) is 5.69 Å². The van der Waals surface area contributed by atoms with Gasteiger partial charge in [0.15, 0.2) is 0 Å². The summed E-state index contributed by atoms with van der Waals surface area (Å²) in [6.07, 6.45) is 6.55. The number of ether oxygens (including phenoxy) is 1. The second kappa shape index (κ2) is 7.91. The topological polar surface area (TPSA) is 66.0 Å². The molecule has 1 amide bonds. The normalized spacial score (nSPS) is 19.5. The SMILES string of the molecule is O=C1CCc2ccc(OCCCCN3CCC4=C(C3)N=CCN4)cc2N1. The summed E-state index contributed by atoms with van der Waals surface area (Å²) in [7, 11) is 0. The molecule has 0 aromatic heterocycles. The second-order valence-electron chi connectivity index (χ2n) is 7.07. The highest BCUT2D eigenvalue weighted by Crippen LogP contribution is 2.27. The summed E-state index contributed by atoms with van der Waals surface area (Å²) in [5.74, 6) is 0.924. The fourth-order valence-corrected chi connectivity index (χ4v) is 3.69. The van der Waals surface area contributed by atoms with E-state index in [9.17, 15) is 4.79 Å². The summed E-state index contributed by atoms with van der Waals surface area (Å²) in [4.78, 5) is 18.5. The first-order valence-corrected chi connectivity index (χ1v) is 9.54. The molecule has 6 heteroatoms. The molecule has 0 saturated carbocycles. The molecule has 0 bridgehead atoms. The van der Waals surface area contributed by atoms with Crippen molar-refractivity contribution in [3.05, 3.63) is 35.2 Å². The van der Waals surface area contributed by atoms with Crippen LogP contribution in [0.2, 0.25) is 0 Å². The van der Waals surface area contributed by atoms with Crippen LogP contribution in [0.5, 0.6) is 5.75 Å². The van der Waals surface area contributed by atoms with Gasteiger partial charge in [-0.25, -0.2) is 0 Å². The Kier molecular flexibility index (Phi) is 5.20. The Labute approximate surface area is 154 Å². The first-order valence-electron chi connectivity index (χ1n) is 9.54. The van der Waals surface area contributed by atoms with Crippen molar-refractivity contribution in [1.82, 2.24) is 10.2 Å². The second-order valence-corrected chi connectivity index (χ2v) is 7.07. The molecule has 4 rings (SSSR count). The van der Waals surface area contributed by atoms with E-state index in [1.807, 2.05) is 18.3 Å². The van der Waals surface area contributed by atoms with Crippen molar-refractivity contribution >= 4 is 17.8 Å². The van der Waals surface area contributed by atoms with Gasteiger partial charge in [0.05, 0.1) is 18.8 Å². The number of nitrogens with one attached hydrogen (secondary N) is 2. The number of benzene rings is 1. The van der Waals surface area contributed by atoms with E-state index < -0.39 is 0 Å². The quantitative estimate of drug-likeness (QED) is 0.770. The first-order chi connectivity index (χ1) is 12.8. The molecule has 0 fully saturated rings. The maximum atomic E-state index is 11.5. The summed E-state index contributed by atoms with van der Waals surface area (Å²) in [5, 5.41) is 6.34. The van der Waals surface area contributed by atoms with Crippen molar-refractivity contribution in [3.8, 4) is 5.75 Å². The Hall–Kier alpha value is -2.34. The molecule has 26 heavy (non-hydrogen) atoms. The molecule has 2 N–H and O–H groups in total. The zero-order valence-electron chi connectivity index (χ0n) is 15.1. The highest BCUT2D eigenvalue weighted by molar-refractivity contribution is 5.94. The molecule has 1 aromatic carbocycles. The lowest BCUT2D eigenvalue weighted by atomic mass is 10.0. The minimum atomic E-state index is 0.0898. The number of hydrogen-bond acceptors (Lipinski definition) is 5. The summed E-state index contributed by atoms with van der Waals surface area (Å²) in [5.41, 5.74) is 4.62. The Balaban J connectivity index is 1.18. The first kappa shape index (κ1) is 17.1. The number of rotatable bonds is 6. The molecule has 6 nitrogen and oxygen atoms in total. The van der Waals surface area contributed by atoms with E-state index >= 15 is 0 Å². The maximum absolute atomic E-state index is 11.5. The third-order valence-electron chi connectivity index (χ3n) is 5.17. The van der Waals surface area contributed by atoms with Crippen LogP contribution in [0.3, 0.4) is 0 Å². The van der Waals surface area contributed by atoms with Crippen molar-refractivity contribution in [2.45, 2.75) is 32.1 Å². The molecular formula is C20H26N4O2. The Morgan fingerprint density at radius 1 is 1.19 bits per heavy atom. The smallest absolute Gasteiger partial charge is 0.224 e. The number of unbranched alkanes of at least 4 members (excludes halogenated alkanes) is 1. The van der Waals surface area contributed by atoms with Crippen LogP contribution in [0.1, 0.15) is 31.2 Å². The molecule has 0 aliphatic carbocycles. The van der Waals surface area contributed by atoms with Gasteiger partial charge in [0.1, 0.15) is 5.75 Å². The van der Waals surface area contributed by atoms with Crippen LogP contribution in [0.25, 0.3) is 0 Å². The average molecular weight is 354 g/mol. The van der Waals surface area contributed by atoms with Gasteiger partial charge in [-0.15, -0.1) is 0 Å². The number of nitrogens with zero attached hydrogens (tertiary/aromatic N) is 2. The zero-order valence-corrected chi connectivity index (χ0v) is 15.1. The molecule has 0 atom stereocenters. The lowest BCUT2D eigenvalue weighted by Crippen LogP contribution is -2.37. The zero-order chi connectivity index (χ0) is 17.8. The van der Waals surface area contributed by atoms with E-state index in [1.165, 1.54) is 17.0 Å². The standard InChI is InChI=1S/C20H26N4O2/c25-20-6-4-15-3-5-16(13-18(15)23-20)26-12-2-1-10-24-11-7-17-19(14-24)22-9-8-21-17/h3,5,9,13,21H,1-2,4,6-8,10-12,14H2,(H,23,25). The van der Waals surface area contributed by atoms with Crippen molar-refractivity contribution in [2.75, 3.05) is 38.1 Å². The lowest BCUT2D eigenvalue weighted by Gasteiger charge is -2.30. The van der Waals surface area contributed by atoms with Gasteiger partial charge in [-0.05, 0) is 37.4 Å². The monoisotopic (exact) mass is 354 g/mol. The molecule has 0 saturated heterocycles. The minimum Gasteiger partial charge on any atom is -0.494 e. The molecule has 0 spiro atoms. The van der Waals surface area contributed by atoms with Gasteiger partial charge in [-0.3, -0.25) is 14.7 Å². The number of hydrogen-bond donors (Lipinski definition) is 2. The maximum Gasteiger partial charge on any atom is 0.224 e. The highest BCUT2D eigenvalue weighted by Gasteiger charge is 2.19. The third kappa shape index (κ3) is 4.07. The molecule has 138 valence electrons. The van der Waals surface area contributed by atoms with Gasteiger partial charge in [0, 0.05) is 49.6 Å². The minimum absolute atomic E-state index is 0.0898. The highest BCUT2D eigenvalue weighted by atomic mass is 16.5. The van der Waals surface area contributed by atoms with Crippen molar-refractivity contribution in [3.63, 3.8) is 0 Å². The number of anilines is 1. The van der Waals surface area contributed by atoms with Gasteiger partial charge >= 0.3 is 0 Å². The predicted molar refractivity (Wildman–Crippen MR) is 103 cm³/mol. The molecular weight excluding hydrogens is 328 g/mol. The van der Waals surface area contributed by atoms with Gasteiger partial charge in [-0.1, -0.05) is 6.07 Å². The van der Waals surface area contributed by atoms with Crippen LogP contribution < -0.4 is 15.4 Å².